The fourth-order valence-electron chi connectivity index (χ4n) is 1.33. The highest BCUT2D eigenvalue weighted by Crippen LogP contribution is 2.41. The molecular formula is C11H11NS2. The van der Waals surface area contributed by atoms with Crippen LogP contribution < -0.4 is 0 Å². The van der Waals surface area contributed by atoms with E-state index in [1.807, 2.05) is 29.5 Å². The predicted molar refractivity (Wildman–Crippen MR) is 63.8 cm³/mol. The molecule has 1 atom stereocenters. The van der Waals surface area contributed by atoms with Gasteiger partial charge in [-0.15, -0.1) is 17.9 Å². The van der Waals surface area contributed by atoms with E-state index in [4.69, 9.17) is 0 Å². The van der Waals surface area contributed by atoms with Crippen molar-refractivity contribution >= 4 is 23.1 Å². The zero-order chi connectivity index (χ0) is 9.86. The van der Waals surface area contributed by atoms with E-state index >= 15 is 0 Å². The first-order valence-corrected chi connectivity index (χ1v) is 6.10. The van der Waals surface area contributed by atoms with Crippen molar-refractivity contribution in [3.8, 4) is 0 Å². The molecule has 72 valence electrons. The van der Waals surface area contributed by atoms with Gasteiger partial charge in [-0.25, -0.2) is 0 Å². The van der Waals surface area contributed by atoms with Crippen LogP contribution in [0.25, 0.3) is 0 Å². The normalized spacial score (nSPS) is 25.1. The van der Waals surface area contributed by atoms with E-state index in [0.29, 0.717) is 0 Å². The number of aromatic nitrogens is 1. The Morgan fingerprint density at radius 2 is 2.50 bits per heavy atom. The van der Waals surface area contributed by atoms with Crippen LogP contribution in [-0.2, 0) is 0 Å². The van der Waals surface area contributed by atoms with E-state index in [1.165, 1.54) is 4.21 Å². The van der Waals surface area contributed by atoms with Crippen LogP contribution in [0.4, 0.5) is 0 Å². The van der Waals surface area contributed by atoms with Crippen molar-refractivity contribution in [2.24, 2.45) is 0 Å². The van der Waals surface area contributed by atoms with Crippen molar-refractivity contribution in [2.45, 2.75) is 15.4 Å². The molecule has 0 spiro atoms. The Kier molecular flexibility index (Phi) is 2.89. The van der Waals surface area contributed by atoms with E-state index in [-0.39, 0.29) is 4.75 Å². The van der Waals surface area contributed by atoms with Crippen LogP contribution in [0.1, 0.15) is 6.42 Å². The first-order chi connectivity index (χ1) is 6.85. The van der Waals surface area contributed by atoms with Gasteiger partial charge >= 0.3 is 0 Å². The Bertz CT molecular complexity index is 365. The van der Waals surface area contributed by atoms with Crippen LogP contribution in [0.15, 0.2) is 52.9 Å². The number of nitrogens with zero attached hydrogens (tertiary/aromatic N) is 1. The van der Waals surface area contributed by atoms with Gasteiger partial charge in [0.2, 0.25) is 0 Å². The van der Waals surface area contributed by atoms with Gasteiger partial charge in [0.05, 0.1) is 20.7 Å². The van der Waals surface area contributed by atoms with Crippen LogP contribution in [0.3, 0.4) is 0 Å². The van der Waals surface area contributed by atoms with E-state index in [9.17, 15) is 0 Å². The second-order valence-electron chi connectivity index (χ2n) is 3.07. The molecular weight excluding hydrogens is 210 g/mol. The Morgan fingerprint density at radius 3 is 3.07 bits per heavy atom. The third-order valence-electron chi connectivity index (χ3n) is 2.11. The Labute approximate surface area is 92.3 Å². The third-order valence-corrected chi connectivity index (χ3v) is 4.37. The van der Waals surface area contributed by atoms with Gasteiger partial charge in [-0.1, -0.05) is 42.1 Å². The fourth-order valence-corrected chi connectivity index (χ4v) is 3.36. The van der Waals surface area contributed by atoms with Gasteiger partial charge < -0.3 is 0 Å². The highest BCUT2D eigenvalue weighted by atomic mass is 32.2. The molecule has 1 heterocycles. The van der Waals surface area contributed by atoms with Crippen molar-refractivity contribution in [3.05, 3.63) is 48.7 Å². The third kappa shape index (κ3) is 1.99. The van der Waals surface area contributed by atoms with Crippen molar-refractivity contribution in [1.29, 1.82) is 0 Å². The van der Waals surface area contributed by atoms with Gasteiger partial charge in [0, 0.05) is 0 Å². The SMILES string of the molecule is C=CC1(Sc2cncs2)C=CC=CC1. The smallest absolute Gasteiger partial charge is 0.0809 e. The molecule has 0 fully saturated rings. The first-order valence-electron chi connectivity index (χ1n) is 4.40. The summed E-state index contributed by atoms with van der Waals surface area (Å²) in [6.45, 7) is 3.92. The molecule has 1 aliphatic rings. The lowest BCUT2D eigenvalue weighted by Crippen LogP contribution is -2.18. The minimum Gasteiger partial charge on any atom is -0.252 e. The summed E-state index contributed by atoms with van der Waals surface area (Å²) in [5, 5.41) is 0. The number of thioether (sulfide) groups is 1. The zero-order valence-corrected chi connectivity index (χ0v) is 9.35. The van der Waals surface area contributed by atoms with Crippen LogP contribution >= 0.6 is 23.1 Å². The van der Waals surface area contributed by atoms with Gasteiger partial charge in [0.15, 0.2) is 0 Å². The molecule has 0 radical (unpaired) electrons. The molecule has 3 heteroatoms. The van der Waals surface area contributed by atoms with Gasteiger partial charge in [0.25, 0.3) is 0 Å². The molecule has 1 nitrogen and oxygen atoms in total. The molecule has 0 saturated carbocycles. The number of rotatable bonds is 3. The van der Waals surface area contributed by atoms with E-state index in [2.05, 4.69) is 35.9 Å². The molecule has 1 unspecified atom stereocenters. The molecule has 0 aromatic carbocycles. The van der Waals surface area contributed by atoms with Crippen LogP contribution in [0.5, 0.6) is 0 Å². The summed E-state index contributed by atoms with van der Waals surface area (Å²) < 4.78 is 1.27. The van der Waals surface area contributed by atoms with Crippen molar-refractivity contribution < 1.29 is 0 Å². The number of thiazole rings is 1. The minimum absolute atomic E-state index is 0.0291. The highest BCUT2D eigenvalue weighted by Gasteiger charge is 2.25. The molecule has 1 aromatic heterocycles. The molecule has 1 aliphatic carbocycles. The van der Waals surface area contributed by atoms with Crippen LogP contribution in [0, 0.1) is 0 Å². The quantitative estimate of drug-likeness (QED) is 0.722. The minimum atomic E-state index is 0.0291. The van der Waals surface area contributed by atoms with Crippen LogP contribution in [-0.4, -0.2) is 9.73 Å². The summed E-state index contributed by atoms with van der Waals surface area (Å²) in [6.07, 6.45) is 13.5. The predicted octanol–water partition coefficient (Wildman–Crippen LogP) is 3.68. The van der Waals surface area contributed by atoms with Crippen LogP contribution in [0.2, 0.25) is 0 Å². The largest absolute Gasteiger partial charge is 0.252 e. The highest BCUT2D eigenvalue weighted by molar-refractivity contribution is 8.02. The maximum absolute atomic E-state index is 4.07. The van der Waals surface area contributed by atoms with Gasteiger partial charge in [0.1, 0.15) is 0 Å². The summed E-state index contributed by atoms with van der Waals surface area (Å²) in [7, 11) is 0. The lowest BCUT2D eigenvalue weighted by Gasteiger charge is -2.25. The Hall–Kier alpha value is -0.800. The van der Waals surface area contributed by atoms with E-state index in [0.717, 1.165) is 6.42 Å². The van der Waals surface area contributed by atoms with Crippen molar-refractivity contribution in [1.82, 2.24) is 4.98 Å². The topological polar surface area (TPSA) is 12.9 Å². The number of hydrogen-bond acceptors (Lipinski definition) is 3. The first kappa shape index (κ1) is 9.74. The fraction of sp³-hybridized carbons (Fsp3) is 0.182. The second-order valence-corrected chi connectivity index (χ2v) is 5.62. The molecule has 2 rings (SSSR count). The molecule has 0 aliphatic heterocycles. The molecule has 14 heavy (non-hydrogen) atoms. The lowest BCUT2D eigenvalue weighted by molar-refractivity contribution is 0.884. The summed E-state index contributed by atoms with van der Waals surface area (Å²) in [5.74, 6) is 0. The maximum Gasteiger partial charge on any atom is 0.0809 e. The molecule has 1 aromatic rings. The standard InChI is InChI=1S/C11H11NS2/c1-2-11(6-4-3-5-7-11)14-10-8-12-9-13-10/h2-6,8-9H,1,7H2. The molecule has 0 amide bonds. The molecule has 0 N–H and O–H groups in total. The summed E-state index contributed by atoms with van der Waals surface area (Å²) in [5.41, 5.74) is 1.86. The van der Waals surface area contributed by atoms with Crippen molar-refractivity contribution in [3.63, 3.8) is 0 Å². The number of allylic oxidation sites excluding steroid dienone is 3. The maximum atomic E-state index is 4.07. The second kappa shape index (κ2) is 4.15. The van der Waals surface area contributed by atoms with Gasteiger partial charge in [-0.3, -0.25) is 4.98 Å². The van der Waals surface area contributed by atoms with E-state index < -0.39 is 0 Å². The van der Waals surface area contributed by atoms with Crippen molar-refractivity contribution in [2.75, 3.05) is 0 Å². The summed E-state index contributed by atoms with van der Waals surface area (Å²) in [6, 6.07) is 0. The molecule has 0 bridgehead atoms. The van der Waals surface area contributed by atoms with E-state index in [1.54, 1.807) is 11.3 Å². The Balaban J connectivity index is 2.18. The average molecular weight is 221 g/mol. The van der Waals surface area contributed by atoms with Gasteiger partial charge in [-0.2, -0.15) is 0 Å². The summed E-state index contributed by atoms with van der Waals surface area (Å²) in [4.78, 5) is 4.07. The monoisotopic (exact) mass is 221 g/mol. The average Bonchev–Trinajstić information content (AvgIpc) is 2.72. The number of hydrogen-bond donors (Lipinski definition) is 0. The lowest BCUT2D eigenvalue weighted by atomic mass is 10.0. The molecule has 0 saturated heterocycles. The van der Waals surface area contributed by atoms with Gasteiger partial charge in [-0.05, 0) is 6.42 Å². The zero-order valence-electron chi connectivity index (χ0n) is 7.72. The summed E-state index contributed by atoms with van der Waals surface area (Å²) >= 11 is 3.50. The Morgan fingerprint density at radius 1 is 1.57 bits per heavy atom.